The van der Waals surface area contributed by atoms with E-state index < -0.39 is 0 Å². The first-order valence-electron chi connectivity index (χ1n) is 7.71. The number of hydrogen-bond donors (Lipinski definition) is 1. The number of hydrogen-bond acceptors (Lipinski definition) is 4. The highest BCUT2D eigenvalue weighted by atomic mass is 16.5. The van der Waals surface area contributed by atoms with Crippen LogP contribution in [0.2, 0.25) is 0 Å². The highest BCUT2D eigenvalue weighted by molar-refractivity contribution is 5.98. The molecule has 0 radical (unpaired) electrons. The van der Waals surface area contributed by atoms with Crippen molar-refractivity contribution < 1.29 is 14.3 Å². The third-order valence-electron chi connectivity index (χ3n) is 3.97. The van der Waals surface area contributed by atoms with Gasteiger partial charge in [-0.25, -0.2) is 0 Å². The Hall–Kier alpha value is -2.04. The maximum absolute atomic E-state index is 12.8. The van der Waals surface area contributed by atoms with E-state index in [0.717, 1.165) is 18.4 Å². The maximum Gasteiger partial charge on any atom is 0.302 e. The van der Waals surface area contributed by atoms with Crippen LogP contribution in [0.3, 0.4) is 0 Å². The maximum atomic E-state index is 12.8. The zero-order chi connectivity index (χ0) is 16.3. The standard InChI is InChI=1S/C17H24N2O3/c1-11(2)9-13(10-22-12(3)20)19-8-7-14-15(17(19)21)5-4-6-16(14)18/h4-6,11,13H,7-10,18H2,1-3H3. The van der Waals surface area contributed by atoms with E-state index >= 15 is 0 Å². The van der Waals surface area contributed by atoms with E-state index in [1.807, 2.05) is 17.0 Å². The van der Waals surface area contributed by atoms with E-state index in [1.54, 1.807) is 6.07 Å². The van der Waals surface area contributed by atoms with E-state index in [-0.39, 0.29) is 24.5 Å². The van der Waals surface area contributed by atoms with Crippen LogP contribution in [0.4, 0.5) is 5.69 Å². The molecule has 1 aliphatic heterocycles. The van der Waals surface area contributed by atoms with Gasteiger partial charge in [-0.2, -0.15) is 0 Å². The molecule has 1 aliphatic rings. The lowest BCUT2D eigenvalue weighted by atomic mass is 9.94. The minimum Gasteiger partial charge on any atom is -0.464 e. The van der Waals surface area contributed by atoms with Crippen molar-refractivity contribution in [3.05, 3.63) is 29.3 Å². The number of benzene rings is 1. The van der Waals surface area contributed by atoms with Gasteiger partial charge in [-0.3, -0.25) is 9.59 Å². The Balaban J connectivity index is 2.22. The number of nitrogens with two attached hydrogens (primary N) is 1. The van der Waals surface area contributed by atoms with Crippen molar-refractivity contribution in [1.29, 1.82) is 0 Å². The van der Waals surface area contributed by atoms with Gasteiger partial charge in [-0.1, -0.05) is 19.9 Å². The van der Waals surface area contributed by atoms with Crippen LogP contribution in [0.25, 0.3) is 0 Å². The van der Waals surface area contributed by atoms with Crippen LogP contribution in [0.5, 0.6) is 0 Å². The molecule has 0 saturated carbocycles. The number of rotatable bonds is 5. The number of nitrogen functional groups attached to an aromatic ring is 1. The largest absolute Gasteiger partial charge is 0.464 e. The first-order chi connectivity index (χ1) is 10.4. The summed E-state index contributed by atoms with van der Waals surface area (Å²) in [5.74, 6) is 0.0739. The van der Waals surface area contributed by atoms with E-state index in [2.05, 4.69) is 13.8 Å². The van der Waals surface area contributed by atoms with Gasteiger partial charge < -0.3 is 15.4 Å². The van der Waals surface area contributed by atoms with Gasteiger partial charge in [0.1, 0.15) is 6.61 Å². The number of esters is 1. The molecule has 1 atom stereocenters. The van der Waals surface area contributed by atoms with Gasteiger partial charge in [-0.15, -0.1) is 0 Å². The second kappa shape index (κ2) is 6.81. The predicted octanol–water partition coefficient (Wildman–Crippen LogP) is 2.24. The SMILES string of the molecule is CC(=O)OCC(CC(C)C)N1CCc2c(N)cccc2C1=O. The molecule has 0 aliphatic carbocycles. The van der Waals surface area contributed by atoms with Gasteiger partial charge in [0, 0.05) is 24.7 Å². The molecular weight excluding hydrogens is 280 g/mol. The molecule has 0 spiro atoms. The van der Waals surface area contributed by atoms with Crippen LogP contribution < -0.4 is 5.73 Å². The minimum atomic E-state index is -0.317. The molecule has 120 valence electrons. The van der Waals surface area contributed by atoms with Crippen molar-refractivity contribution in [2.75, 3.05) is 18.9 Å². The minimum absolute atomic E-state index is 0.0219. The Morgan fingerprint density at radius 1 is 1.41 bits per heavy atom. The lowest BCUT2D eigenvalue weighted by molar-refractivity contribution is -0.142. The Morgan fingerprint density at radius 3 is 2.77 bits per heavy atom. The Labute approximate surface area is 131 Å². The summed E-state index contributed by atoms with van der Waals surface area (Å²) in [4.78, 5) is 25.7. The average molecular weight is 304 g/mol. The summed E-state index contributed by atoms with van der Waals surface area (Å²) >= 11 is 0. The smallest absolute Gasteiger partial charge is 0.302 e. The van der Waals surface area contributed by atoms with E-state index in [1.165, 1.54) is 6.92 Å². The Morgan fingerprint density at radius 2 is 2.14 bits per heavy atom. The van der Waals surface area contributed by atoms with E-state index in [4.69, 9.17) is 10.5 Å². The van der Waals surface area contributed by atoms with Gasteiger partial charge in [0.15, 0.2) is 0 Å². The molecule has 1 heterocycles. The third kappa shape index (κ3) is 3.59. The van der Waals surface area contributed by atoms with Crippen LogP contribution >= 0.6 is 0 Å². The van der Waals surface area contributed by atoms with Crippen molar-refractivity contribution in [2.45, 2.75) is 39.7 Å². The molecule has 0 bridgehead atoms. The lowest BCUT2D eigenvalue weighted by Gasteiger charge is -2.36. The molecule has 2 N–H and O–H groups in total. The first-order valence-corrected chi connectivity index (χ1v) is 7.71. The monoisotopic (exact) mass is 304 g/mol. The van der Waals surface area contributed by atoms with Crippen molar-refractivity contribution in [3.8, 4) is 0 Å². The van der Waals surface area contributed by atoms with Crippen LogP contribution in [0.1, 0.15) is 43.1 Å². The molecular formula is C17H24N2O3. The van der Waals surface area contributed by atoms with Gasteiger partial charge in [0.25, 0.3) is 5.91 Å². The summed E-state index contributed by atoms with van der Waals surface area (Å²) in [6.45, 7) is 6.44. The van der Waals surface area contributed by atoms with Gasteiger partial charge >= 0.3 is 5.97 Å². The molecule has 22 heavy (non-hydrogen) atoms. The van der Waals surface area contributed by atoms with Crippen LogP contribution in [0.15, 0.2) is 18.2 Å². The summed E-state index contributed by atoms with van der Waals surface area (Å²) in [5.41, 5.74) is 8.24. The third-order valence-corrected chi connectivity index (χ3v) is 3.97. The molecule has 1 aromatic rings. The summed E-state index contributed by atoms with van der Waals surface area (Å²) < 4.78 is 5.16. The molecule has 1 amide bonds. The second-order valence-electron chi connectivity index (χ2n) is 6.21. The number of nitrogens with zero attached hydrogens (tertiary/aromatic N) is 1. The van der Waals surface area contributed by atoms with E-state index in [0.29, 0.717) is 23.7 Å². The fraction of sp³-hybridized carbons (Fsp3) is 0.529. The first kappa shape index (κ1) is 16.3. The number of carbonyl (C=O) groups is 2. The number of amides is 1. The van der Waals surface area contributed by atoms with Crippen molar-refractivity contribution in [1.82, 2.24) is 4.90 Å². The van der Waals surface area contributed by atoms with Crippen molar-refractivity contribution in [3.63, 3.8) is 0 Å². The van der Waals surface area contributed by atoms with Crippen LogP contribution in [-0.2, 0) is 16.0 Å². The summed E-state index contributed by atoms with van der Waals surface area (Å²) in [6, 6.07) is 5.36. The van der Waals surface area contributed by atoms with E-state index in [9.17, 15) is 9.59 Å². The molecule has 1 unspecified atom stereocenters. The molecule has 2 rings (SSSR count). The number of anilines is 1. The van der Waals surface area contributed by atoms with Gasteiger partial charge in [0.2, 0.25) is 0 Å². The highest BCUT2D eigenvalue weighted by Crippen LogP contribution is 2.27. The Bertz CT molecular complexity index is 569. The predicted molar refractivity (Wildman–Crippen MR) is 85.5 cm³/mol. The zero-order valence-corrected chi connectivity index (χ0v) is 13.5. The molecule has 5 nitrogen and oxygen atoms in total. The topological polar surface area (TPSA) is 72.6 Å². The second-order valence-corrected chi connectivity index (χ2v) is 6.21. The fourth-order valence-corrected chi connectivity index (χ4v) is 2.96. The quantitative estimate of drug-likeness (QED) is 0.669. The number of fused-ring (bicyclic) bond motifs is 1. The zero-order valence-electron chi connectivity index (χ0n) is 13.5. The number of carbonyl (C=O) groups excluding carboxylic acids is 2. The van der Waals surface area contributed by atoms with Crippen molar-refractivity contribution >= 4 is 17.6 Å². The highest BCUT2D eigenvalue weighted by Gasteiger charge is 2.31. The average Bonchev–Trinajstić information content (AvgIpc) is 2.44. The molecule has 1 aromatic carbocycles. The summed E-state index contributed by atoms with van der Waals surface area (Å²) in [6.07, 6.45) is 1.54. The van der Waals surface area contributed by atoms with Crippen molar-refractivity contribution in [2.24, 2.45) is 5.92 Å². The normalized spacial score (nSPS) is 15.6. The van der Waals surface area contributed by atoms with Crippen LogP contribution in [0, 0.1) is 5.92 Å². The lowest BCUT2D eigenvalue weighted by Crippen LogP contribution is -2.47. The van der Waals surface area contributed by atoms with Crippen LogP contribution in [-0.4, -0.2) is 36.0 Å². The number of ether oxygens (including phenoxy) is 1. The molecule has 0 saturated heterocycles. The summed E-state index contributed by atoms with van der Waals surface area (Å²) in [5, 5.41) is 0. The summed E-state index contributed by atoms with van der Waals surface area (Å²) in [7, 11) is 0. The van der Waals surface area contributed by atoms with Gasteiger partial charge in [0.05, 0.1) is 6.04 Å². The molecule has 0 aromatic heterocycles. The molecule has 5 heteroatoms. The Kier molecular flexibility index (Phi) is 5.06. The van der Waals surface area contributed by atoms with Gasteiger partial charge in [-0.05, 0) is 36.5 Å². The molecule has 0 fully saturated rings. The fourth-order valence-electron chi connectivity index (χ4n) is 2.96.